The van der Waals surface area contributed by atoms with E-state index < -0.39 is 41.0 Å². The summed E-state index contributed by atoms with van der Waals surface area (Å²) in [5.41, 5.74) is 6.19. The molecule has 0 saturated heterocycles. The molecule has 0 amide bonds. The first-order valence-electron chi connectivity index (χ1n) is 33.9. The van der Waals surface area contributed by atoms with Crippen LogP contribution in [0.2, 0.25) is 60.3 Å². The van der Waals surface area contributed by atoms with Gasteiger partial charge in [-0.2, -0.15) is 39.5 Å². The molecule has 0 N–H and O–H groups in total. The van der Waals surface area contributed by atoms with E-state index in [1.807, 2.05) is 108 Å². The molecule has 0 aliphatic rings. The Morgan fingerprint density at radius 2 is 0.620 bits per heavy atom. The summed E-state index contributed by atoms with van der Waals surface area (Å²) in [6, 6.07) is 43.8. The molecule has 0 heterocycles. The molecule has 0 unspecified atom stereocenters. The summed E-state index contributed by atoms with van der Waals surface area (Å²) in [4.78, 5) is 0. The van der Waals surface area contributed by atoms with Gasteiger partial charge in [0.25, 0.3) is 0 Å². The van der Waals surface area contributed by atoms with Crippen LogP contribution in [0.25, 0.3) is 0 Å². The third-order valence-electron chi connectivity index (χ3n) is 15.3. The second-order valence-corrected chi connectivity index (χ2v) is 33.0. The van der Waals surface area contributed by atoms with Gasteiger partial charge in [0.15, 0.2) is 0 Å². The van der Waals surface area contributed by atoms with Gasteiger partial charge in [0.05, 0.1) is 51.8 Å². The minimum absolute atomic E-state index is 0.0633. The van der Waals surface area contributed by atoms with Crippen molar-refractivity contribution < 1.29 is 48.3 Å². The maximum atomic E-state index is 12.8. The highest BCUT2D eigenvalue weighted by Gasteiger charge is 2.35. The molecule has 0 radical (unpaired) electrons. The summed E-state index contributed by atoms with van der Waals surface area (Å²) in [5, 5.41) is 6.32. The van der Waals surface area contributed by atoms with Crippen molar-refractivity contribution in [2.24, 2.45) is 0 Å². The first-order chi connectivity index (χ1) is 49.6. The zero-order valence-corrected chi connectivity index (χ0v) is 73.5. The summed E-state index contributed by atoms with van der Waals surface area (Å²) in [6.45, 7) is 36.1. The van der Waals surface area contributed by atoms with Crippen molar-refractivity contribution in [3.05, 3.63) is 307 Å². The lowest BCUT2D eigenvalue weighted by Gasteiger charge is -2.12. The Bertz CT molecular complexity index is 4070. The number of hydrogen-bond donors (Lipinski definition) is 0. The van der Waals surface area contributed by atoms with Crippen LogP contribution in [0.1, 0.15) is 245 Å². The molecule has 0 fully saturated rings. The molecule has 0 bridgehead atoms. The minimum Gasteiger partial charge on any atom is -0.207 e. The van der Waals surface area contributed by atoms with Crippen molar-refractivity contribution >= 4 is 155 Å². The SMILES string of the molecule is CC(C)c1cc(Cl)cc(Cl)c1.CC(C)c1cc(Cl)ccc1Cl.CC(C)c1cc(F)cc(C(F)(F)F)c1.CC(C)c1cc(F)cc(Cl)c1.CC(C)c1ccc(Br)c(Cl)c1.CC(C)c1ccc(C(F)(F)F)c(Cl)c1.CC(C)c1ccc(Cl)c(C(F)(F)F)c1.CC(C)c1ccc(Cl)c(Cl)c1.CC(C)c1cccc(Cl)c1Cl. The second-order valence-electron chi connectivity index (χ2n) is 27.2. The van der Waals surface area contributed by atoms with E-state index in [0.29, 0.717) is 87.9 Å². The van der Waals surface area contributed by atoms with Crippen molar-refractivity contribution in [3.8, 4) is 0 Å². The molecule has 0 aliphatic carbocycles. The third kappa shape index (κ3) is 38.3. The molecule has 9 aromatic carbocycles. The fourth-order valence-electron chi connectivity index (χ4n) is 8.83. The molecule has 0 spiro atoms. The average molecular weight is 1810 g/mol. The summed E-state index contributed by atoms with van der Waals surface area (Å²) in [6.07, 6.45) is -13.2. The maximum Gasteiger partial charge on any atom is 0.417 e. The highest BCUT2D eigenvalue weighted by molar-refractivity contribution is 9.10. The van der Waals surface area contributed by atoms with E-state index in [1.54, 1.807) is 44.2 Å². The summed E-state index contributed by atoms with van der Waals surface area (Å²) < 4.78 is 137. The van der Waals surface area contributed by atoms with Gasteiger partial charge >= 0.3 is 18.5 Å². The molecule has 0 aromatic heterocycles. The minimum atomic E-state index is -4.48. The Morgan fingerprint density at radius 1 is 0.250 bits per heavy atom. The van der Waals surface area contributed by atoms with Gasteiger partial charge in [-0.3, -0.25) is 0 Å². The molecule has 9 aromatic rings. The van der Waals surface area contributed by atoms with Gasteiger partial charge in [0, 0.05) is 29.6 Å². The summed E-state index contributed by atoms with van der Waals surface area (Å²) >= 11 is 72.6. The van der Waals surface area contributed by atoms with Crippen LogP contribution in [0, 0.1) is 11.6 Å². The van der Waals surface area contributed by atoms with Crippen molar-refractivity contribution in [1.29, 1.82) is 0 Å². The molecular formula is C84H90BrCl12F11. The van der Waals surface area contributed by atoms with Gasteiger partial charge in [0.2, 0.25) is 0 Å². The highest BCUT2D eigenvalue weighted by atomic mass is 79.9. The van der Waals surface area contributed by atoms with E-state index in [-0.39, 0.29) is 33.6 Å². The van der Waals surface area contributed by atoms with Crippen molar-refractivity contribution in [3.63, 3.8) is 0 Å². The normalized spacial score (nSPS) is 11.2. The van der Waals surface area contributed by atoms with Gasteiger partial charge < -0.3 is 0 Å². The van der Waals surface area contributed by atoms with Crippen LogP contribution in [-0.4, -0.2) is 0 Å². The van der Waals surface area contributed by atoms with Crippen LogP contribution in [-0.2, 0) is 18.5 Å². The van der Waals surface area contributed by atoms with Gasteiger partial charge in [-0.05, 0) is 247 Å². The monoisotopic (exact) mass is 1810 g/mol. The Kier molecular flexibility index (Phi) is 45.8. The topological polar surface area (TPSA) is 0 Å². The van der Waals surface area contributed by atoms with Crippen LogP contribution >= 0.6 is 155 Å². The predicted octanol–water partition coefficient (Wildman–Crippen LogP) is 37.2. The zero-order chi connectivity index (χ0) is 83.4. The fraction of sp³-hybridized carbons (Fsp3) is 0.357. The molecule has 9 rings (SSSR count). The molecule has 0 atom stereocenters. The maximum absolute atomic E-state index is 12.8. The van der Waals surface area contributed by atoms with Gasteiger partial charge in [-0.15, -0.1) is 0 Å². The molecule has 0 nitrogen and oxygen atoms in total. The van der Waals surface area contributed by atoms with Crippen LogP contribution < -0.4 is 0 Å². The van der Waals surface area contributed by atoms with E-state index in [1.165, 1.54) is 47.0 Å². The van der Waals surface area contributed by atoms with Crippen LogP contribution in [0.4, 0.5) is 48.3 Å². The van der Waals surface area contributed by atoms with Gasteiger partial charge in [-0.1, -0.05) is 300 Å². The molecule has 24 heteroatoms. The summed E-state index contributed by atoms with van der Waals surface area (Å²) in [5.74, 6) is 1.72. The predicted molar refractivity (Wildman–Crippen MR) is 448 cm³/mol. The van der Waals surface area contributed by atoms with E-state index in [2.05, 4.69) is 91.2 Å². The van der Waals surface area contributed by atoms with Crippen molar-refractivity contribution in [2.45, 2.75) is 196 Å². The first kappa shape index (κ1) is 102. The number of benzene rings is 9. The second kappa shape index (κ2) is 48.4. The van der Waals surface area contributed by atoms with E-state index >= 15 is 0 Å². The quantitative estimate of drug-likeness (QED) is 0.126. The van der Waals surface area contributed by atoms with Crippen LogP contribution in [0.5, 0.6) is 0 Å². The highest BCUT2D eigenvalue weighted by Crippen LogP contribution is 2.39. The Hall–Kier alpha value is -3.83. The third-order valence-corrected chi connectivity index (χ3v) is 20.0. The van der Waals surface area contributed by atoms with E-state index in [0.717, 1.165) is 66.1 Å². The molecule has 108 heavy (non-hydrogen) atoms. The molecular weight excluding hydrogens is 1720 g/mol. The van der Waals surface area contributed by atoms with Gasteiger partial charge in [0.1, 0.15) is 11.6 Å². The van der Waals surface area contributed by atoms with Crippen LogP contribution in [0.3, 0.4) is 0 Å². The fourth-order valence-corrected chi connectivity index (χ4v) is 11.9. The summed E-state index contributed by atoms with van der Waals surface area (Å²) in [7, 11) is 0. The van der Waals surface area contributed by atoms with E-state index in [9.17, 15) is 48.3 Å². The Labute approximate surface area is 700 Å². The lowest BCUT2D eigenvalue weighted by Crippen LogP contribution is -2.06. The lowest BCUT2D eigenvalue weighted by molar-refractivity contribution is -0.138. The average Bonchev–Trinajstić information content (AvgIpc) is 0.828. The largest absolute Gasteiger partial charge is 0.417 e. The molecule has 0 saturated carbocycles. The smallest absolute Gasteiger partial charge is 0.207 e. The number of hydrogen-bond acceptors (Lipinski definition) is 0. The first-order valence-corrected chi connectivity index (χ1v) is 39.2. The number of halogens is 24. The standard InChI is InChI=1S/2C10H10ClF3.C10H10F4.C9H10BrCl.4C9H10Cl2.C9H10ClF/c1-6(2)7-3-4-9(11)8(5-7)10(12,13)14;1-6(2)7-3-4-8(9(11)5-7)10(12,13)14;1-6(2)7-3-8(10(12,13)14)5-9(11)4-7;1-6(2)7-3-4-8(10)9(11)5-7;1-6(2)7-3-8(10)5-9(11)4-7;1-6(2)8-5-7(10)3-4-9(8)11;1-6(2)7-3-4-8(10)9(11)5-7;1-6(2)7-4-3-5-8(10)9(7)11;1-6(2)7-3-8(10)5-9(11)4-7/h3*3-6H,1-2H3;6*3-6H,1-2H3. The van der Waals surface area contributed by atoms with Gasteiger partial charge in [-0.25, -0.2) is 8.78 Å². The van der Waals surface area contributed by atoms with E-state index in [4.69, 9.17) is 139 Å². The number of alkyl halides is 9. The van der Waals surface area contributed by atoms with Crippen LogP contribution in [0.15, 0.2) is 168 Å². The Balaban J connectivity index is 0.000000609. The lowest BCUT2D eigenvalue weighted by atomic mass is 10.0. The Morgan fingerprint density at radius 3 is 1.00 bits per heavy atom. The van der Waals surface area contributed by atoms with Crippen molar-refractivity contribution in [1.82, 2.24) is 0 Å². The molecule has 0 aliphatic heterocycles. The molecule has 594 valence electrons. The number of rotatable bonds is 9. The van der Waals surface area contributed by atoms with Crippen molar-refractivity contribution in [2.75, 3.05) is 0 Å². The zero-order valence-electron chi connectivity index (χ0n) is 62.9.